The first-order valence-corrected chi connectivity index (χ1v) is 9.80. The Hall–Kier alpha value is -2.49. The fourth-order valence-corrected chi connectivity index (χ4v) is 4.97. The fraction of sp³-hybridized carbons (Fsp3) is 0.0455. The lowest BCUT2D eigenvalue weighted by molar-refractivity contribution is 0.103. The van der Waals surface area contributed by atoms with E-state index in [9.17, 15) is 9.00 Å². The van der Waals surface area contributed by atoms with Gasteiger partial charge < -0.3 is 0 Å². The van der Waals surface area contributed by atoms with Gasteiger partial charge in [0.15, 0.2) is 5.78 Å². The minimum absolute atomic E-state index is 0.113. The van der Waals surface area contributed by atoms with Crippen LogP contribution in [0.3, 0.4) is 0 Å². The predicted octanol–water partition coefficient (Wildman–Crippen LogP) is 5.47. The number of carbonyl (C=O) groups excluding carboxylic acids is 1. The zero-order valence-electron chi connectivity index (χ0n) is 13.8. The third-order valence-electron chi connectivity index (χ3n) is 4.40. The van der Waals surface area contributed by atoms with Crippen molar-refractivity contribution in [3.8, 4) is 0 Å². The van der Waals surface area contributed by atoms with E-state index >= 15 is 0 Å². The van der Waals surface area contributed by atoms with E-state index in [0.717, 1.165) is 11.1 Å². The summed E-state index contributed by atoms with van der Waals surface area (Å²) in [7, 11) is -1.38. The zero-order valence-corrected chi connectivity index (χ0v) is 15.3. The monoisotopic (exact) mass is 378 g/mol. The zero-order chi connectivity index (χ0) is 18.1. The van der Waals surface area contributed by atoms with Crippen LogP contribution in [0.4, 0.5) is 0 Å². The molecule has 0 aromatic heterocycles. The second kappa shape index (κ2) is 7.02. The molecule has 0 amide bonds. The molecule has 0 bridgehead atoms. The fourth-order valence-electron chi connectivity index (χ4n) is 3.17. The number of benzene rings is 3. The molecule has 1 heterocycles. The average Bonchev–Trinajstić information content (AvgIpc) is 2.68. The highest BCUT2D eigenvalue weighted by Crippen LogP contribution is 2.41. The summed E-state index contributed by atoms with van der Waals surface area (Å²) < 4.78 is 13.3. The second-order valence-electron chi connectivity index (χ2n) is 6.07. The molecule has 2 unspecified atom stereocenters. The minimum Gasteiger partial charge on any atom is -0.289 e. The van der Waals surface area contributed by atoms with E-state index in [1.807, 2.05) is 54.6 Å². The molecular weight excluding hydrogens is 364 g/mol. The quantitative estimate of drug-likeness (QED) is 0.566. The van der Waals surface area contributed by atoms with Gasteiger partial charge in [0.1, 0.15) is 0 Å². The van der Waals surface area contributed by atoms with E-state index in [1.165, 1.54) is 0 Å². The van der Waals surface area contributed by atoms with Gasteiger partial charge in [0.25, 0.3) is 0 Å². The number of hydrogen-bond donors (Lipinski definition) is 0. The average molecular weight is 379 g/mol. The van der Waals surface area contributed by atoms with Gasteiger partial charge in [-0.25, -0.2) is 0 Å². The molecule has 3 aromatic carbocycles. The van der Waals surface area contributed by atoms with Gasteiger partial charge in [0.2, 0.25) is 0 Å². The van der Waals surface area contributed by atoms with Crippen LogP contribution in [0.2, 0.25) is 5.02 Å². The second-order valence-corrected chi connectivity index (χ2v) is 8.01. The number of hydrogen-bond acceptors (Lipinski definition) is 2. The smallest absolute Gasteiger partial charge is 0.190 e. The van der Waals surface area contributed by atoms with Gasteiger partial charge in [-0.15, -0.1) is 0 Å². The number of Topliss-reactive ketones (excluding diaryl/α,β-unsaturated/α-hetero) is 1. The Morgan fingerprint density at radius 3 is 2.23 bits per heavy atom. The third kappa shape index (κ3) is 3.05. The van der Waals surface area contributed by atoms with Gasteiger partial charge in [-0.3, -0.25) is 9.00 Å². The first kappa shape index (κ1) is 17.0. The molecule has 0 aliphatic carbocycles. The first-order chi connectivity index (χ1) is 12.6. The Balaban J connectivity index is 1.91. The summed E-state index contributed by atoms with van der Waals surface area (Å²) in [5, 5.41) is 0.0549. The van der Waals surface area contributed by atoms with E-state index < -0.39 is 16.0 Å². The summed E-state index contributed by atoms with van der Waals surface area (Å²) in [6.07, 6.45) is 1.83. The van der Waals surface area contributed by atoms with Crippen molar-refractivity contribution in [2.45, 2.75) is 10.1 Å². The standard InChI is InChI=1S/C22H15ClO2S/c23-18-11-12-20-17(13-18)14-19(21(24)15-7-3-1-4-8-15)22(26(20)25)16-9-5-2-6-10-16/h1-14,22H. The Bertz CT molecular complexity index is 1030. The normalized spacial score (nSPS) is 18.7. The summed E-state index contributed by atoms with van der Waals surface area (Å²) in [6, 6.07) is 23.9. The van der Waals surface area contributed by atoms with Crippen LogP contribution in [0.15, 0.2) is 89.3 Å². The summed E-state index contributed by atoms with van der Waals surface area (Å²) in [4.78, 5) is 13.9. The number of rotatable bonds is 3. The summed E-state index contributed by atoms with van der Waals surface area (Å²) in [5.41, 5.74) is 2.71. The van der Waals surface area contributed by atoms with Crippen LogP contribution in [0.5, 0.6) is 0 Å². The SMILES string of the molecule is O=C(C1=Cc2cc(Cl)ccc2S(=O)C1c1ccccc1)c1ccccc1. The van der Waals surface area contributed by atoms with Crippen LogP contribution >= 0.6 is 11.6 Å². The van der Waals surface area contributed by atoms with Crippen LogP contribution in [0.25, 0.3) is 6.08 Å². The maximum Gasteiger partial charge on any atom is 0.190 e. The third-order valence-corrected chi connectivity index (χ3v) is 6.39. The molecule has 3 aromatic rings. The first-order valence-electron chi connectivity index (χ1n) is 8.21. The summed E-state index contributed by atoms with van der Waals surface area (Å²) >= 11 is 6.11. The maximum absolute atomic E-state index is 13.3. The molecule has 0 saturated carbocycles. The lowest BCUT2D eigenvalue weighted by atomic mass is 9.94. The predicted molar refractivity (Wildman–Crippen MR) is 106 cm³/mol. The molecule has 0 spiro atoms. The van der Waals surface area contributed by atoms with Crippen molar-refractivity contribution in [2.24, 2.45) is 0 Å². The molecule has 0 saturated heterocycles. The molecule has 26 heavy (non-hydrogen) atoms. The Kier molecular flexibility index (Phi) is 4.58. The summed E-state index contributed by atoms with van der Waals surface area (Å²) in [5.74, 6) is -0.113. The van der Waals surface area contributed by atoms with Gasteiger partial charge in [0, 0.05) is 21.1 Å². The molecule has 2 nitrogen and oxygen atoms in total. The van der Waals surface area contributed by atoms with Crippen LogP contribution in [0.1, 0.15) is 26.7 Å². The number of halogens is 1. The molecule has 0 fully saturated rings. The molecule has 128 valence electrons. The molecule has 0 radical (unpaired) electrons. The van der Waals surface area contributed by atoms with Gasteiger partial charge in [0.05, 0.1) is 16.0 Å². The molecule has 1 aliphatic rings. The van der Waals surface area contributed by atoms with Crippen LogP contribution in [-0.4, -0.2) is 9.99 Å². The Morgan fingerprint density at radius 2 is 1.54 bits per heavy atom. The number of ketones is 1. The van der Waals surface area contributed by atoms with Crippen LogP contribution in [-0.2, 0) is 10.8 Å². The highest BCUT2D eigenvalue weighted by molar-refractivity contribution is 7.85. The topological polar surface area (TPSA) is 34.1 Å². The van der Waals surface area contributed by atoms with Gasteiger partial charge in [-0.1, -0.05) is 72.3 Å². The van der Waals surface area contributed by atoms with E-state index in [1.54, 1.807) is 30.3 Å². The summed E-state index contributed by atoms with van der Waals surface area (Å²) in [6.45, 7) is 0. The molecule has 1 aliphatic heterocycles. The van der Waals surface area contributed by atoms with E-state index in [2.05, 4.69) is 0 Å². The van der Waals surface area contributed by atoms with Crippen molar-refractivity contribution in [1.29, 1.82) is 0 Å². The molecular formula is C22H15ClO2S. The van der Waals surface area contributed by atoms with Crippen molar-refractivity contribution >= 4 is 34.3 Å². The van der Waals surface area contributed by atoms with Crippen LogP contribution in [0, 0.1) is 0 Å². The van der Waals surface area contributed by atoms with E-state index in [4.69, 9.17) is 11.6 Å². The number of carbonyl (C=O) groups is 1. The highest BCUT2D eigenvalue weighted by Gasteiger charge is 2.34. The van der Waals surface area contributed by atoms with Crippen molar-refractivity contribution < 1.29 is 9.00 Å². The van der Waals surface area contributed by atoms with Gasteiger partial charge in [-0.05, 0) is 35.4 Å². The van der Waals surface area contributed by atoms with Gasteiger partial charge >= 0.3 is 0 Å². The number of fused-ring (bicyclic) bond motifs is 1. The largest absolute Gasteiger partial charge is 0.289 e. The maximum atomic E-state index is 13.3. The lowest BCUT2D eigenvalue weighted by Gasteiger charge is -2.25. The lowest BCUT2D eigenvalue weighted by Crippen LogP contribution is -2.20. The van der Waals surface area contributed by atoms with Crippen LogP contribution < -0.4 is 0 Å². The van der Waals surface area contributed by atoms with Gasteiger partial charge in [-0.2, -0.15) is 0 Å². The molecule has 0 N–H and O–H groups in total. The van der Waals surface area contributed by atoms with Crippen molar-refractivity contribution in [1.82, 2.24) is 0 Å². The highest BCUT2D eigenvalue weighted by atomic mass is 35.5. The van der Waals surface area contributed by atoms with Crippen molar-refractivity contribution in [2.75, 3.05) is 0 Å². The molecule has 4 heteroatoms. The molecule has 2 atom stereocenters. The van der Waals surface area contributed by atoms with Crippen molar-refractivity contribution in [3.05, 3.63) is 106 Å². The Morgan fingerprint density at radius 1 is 0.885 bits per heavy atom. The Labute approximate surface area is 159 Å². The minimum atomic E-state index is -1.38. The van der Waals surface area contributed by atoms with E-state index in [-0.39, 0.29) is 5.78 Å². The van der Waals surface area contributed by atoms with Crippen molar-refractivity contribution in [3.63, 3.8) is 0 Å². The van der Waals surface area contributed by atoms with E-state index in [0.29, 0.717) is 21.1 Å². The molecule has 4 rings (SSSR count).